The van der Waals surface area contributed by atoms with Crippen molar-refractivity contribution in [3.63, 3.8) is 0 Å². The van der Waals surface area contributed by atoms with Crippen molar-refractivity contribution in [2.45, 2.75) is 91.5 Å². The lowest BCUT2D eigenvalue weighted by molar-refractivity contribution is -0.160. The Morgan fingerprint density at radius 2 is 1.74 bits per heavy atom. The van der Waals surface area contributed by atoms with Gasteiger partial charge in [0.25, 0.3) is 0 Å². The zero-order valence-electron chi connectivity index (χ0n) is 19.9. The van der Waals surface area contributed by atoms with Gasteiger partial charge >= 0.3 is 18.0 Å². The summed E-state index contributed by atoms with van der Waals surface area (Å²) in [5, 5.41) is 5.78. The van der Waals surface area contributed by atoms with E-state index in [9.17, 15) is 19.2 Å². The lowest BCUT2D eigenvalue weighted by atomic mass is 9.78. The summed E-state index contributed by atoms with van der Waals surface area (Å²) in [6.07, 6.45) is 0.334. The van der Waals surface area contributed by atoms with Crippen LogP contribution in [0.1, 0.15) is 67.7 Å². The lowest BCUT2D eigenvalue weighted by Gasteiger charge is -2.37. The first-order chi connectivity index (χ1) is 14.3. The van der Waals surface area contributed by atoms with Crippen molar-refractivity contribution in [2.24, 2.45) is 17.8 Å². The zero-order chi connectivity index (χ0) is 23.9. The molecule has 0 aromatic rings. The number of hydrogen-bond donors (Lipinski definition) is 2. The van der Waals surface area contributed by atoms with Crippen molar-refractivity contribution in [1.29, 1.82) is 0 Å². The predicted molar refractivity (Wildman–Crippen MR) is 114 cm³/mol. The standard InChI is InChI=1S/C22H38N2O7/c1-9-10-15(12(2)23-13(3)25)18-17(24-21(28)31-22(5,6)7)11-16(20(27)29-8)19(18)30-14(4)26/h12,15-19H,9-11H2,1-8H3,(H,23,25)(H,24,28)/t12?,15?,16-,17?,18?,19?/m0/s1. The summed E-state index contributed by atoms with van der Waals surface area (Å²) in [7, 11) is 1.28. The number of rotatable bonds is 8. The summed E-state index contributed by atoms with van der Waals surface area (Å²) < 4.78 is 16.0. The van der Waals surface area contributed by atoms with Crippen LogP contribution in [0.3, 0.4) is 0 Å². The smallest absolute Gasteiger partial charge is 0.407 e. The third-order valence-electron chi connectivity index (χ3n) is 5.45. The number of ether oxygens (including phenoxy) is 3. The first-order valence-electron chi connectivity index (χ1n) is 10.8. The molecule has 6 atom stereocenters. The summed E-state index contributed by atoms with van der Waals surface area (Å²) in [6, 6.07) is -0.768. The number of hydrogen-bond acceptors (Lipinski definition) is 7. The van der Waals surface area contributed by atoms with Gasteiger partial charge < -0.3 is 24.8 Å². The zero-order valence-corrected chi connectivity index (χ0v) is 19.9. The number of carbonyl (C=O) groups excluding carboxylic acids is 4. The fourth-order valence-corrected chi connectivity index (χ4v) is 4.49. The second-order valence-corrected chi connectivity index (χ2v) is 9.21. The van der Waals surface area contributed by atoms with Gasteiger partial charge in [0.1, 0.15) is 11.7 Å². The Morgan fingerprint density at radius 3 is 2.19 bits per heavy atom. The van der Waals surface area contributed by atoms with Gasteiger partial charge in [-0.2, -0.15) is 0 Å². The molecule has 1 fully saturated rings. The van der Waals surface area contributed by atoms with Crippen molar-refractivity contribution < 1.29 is 33.4 Å². The Labute approximate surface area is 184 Å². The highest BCUT2D eigenvalue weighted by molar-refractivity contribution is 5.76. The molecule has 1 aliphatic rings. The topological polar surface area (TPSA) is 120 Å². The minimum atomic E-state index is -0.794. The van der Waals surface area contributed by atoms with Crippen LogP contribution in [0.2, 0.25) is 0 Å². The van der Waals surface area contributed by atoms with E-state index in [0.717, 1.165) is 6.42 Å². The fraction of sp³-hybridized carbons (Fsp3) is 0.818. The van der Waals surface area contributed by atoms with Crippen LogP contribution in [0.4, 0.5) is 4.79 Å². The highest BCUT2D eigenvalue weighted by atomic mass is 16.6. The molecule has 0 bridgehead atoms. The van der Waals surface area contributed by atoms with E-state index in [-0.39, 0.29) is 24.3 Å². The van der Waals surface area contributed by atoms with Gasteiger partial charge in [-0.05, 0) is 46.5 Å². The number of nitrogens with one attached hydrogen (secondary N) is 2. The van der Waals surface area contributed by atoms with Crippen LogP contribution >= 0.6 is 0 Å². The van der Waals surface area contributed by atoms with Gasteiger partial charge in [0.05, 0.1) is 13.0 Å². The van der Waals surface area contributed by atoms with Crippen LogP contribution in [0.5, 0.6) is 0 Å². The van der Waals surface area contributed by atoms with Crippen LogP contribution in [0, 0.1) is 17.8 Å². The van der Waals surface area contributed by atoms with Gasteiger partial charge in [-0.3, -0.25) is 14.4 Å². The lowest BCUT2D eigenvalue weighted by Crippen LogP contribution is -2.50. The average molecular weight is 443 g/mol. The van der Waals surface area contributed by atoms with Gasteiger partial charge in [-0.25, -0.2) is 4.79 Å². The number of esters is 2. The van der Waals surface area contributed by atoms with E-state index in [1.54, 1.807) is 20.8 Å². The maximum atomic E-state index is 12.5. The Kier molecular flexibility index (Phi) is 9.77. The van der Waals surface area contributed by atoms with Crippen LogP contribution in [0.15, 0.2) is 0 Å². The molecule has 0 aliphatic heterocycles. The van der Waals surface area contributed by atoms with Crippen LogP contribution < -0.4 is 10.6 Å². The molecular formula is C22H38N2O7. The van der Waals surface area contributed by atoms with E-state index < -0.39 is 47.6 Å². The van der Waals surface area contributed by atoms with Gasteiger partial charge in [0.2, 0.25) is 5.91 Å². The number of methoxy groups -OCH3 is 1. The van der Waals surface area contributed by atoms with E-state index >= 15 is 0 Å². The molecule has 9 heteroatoms. The second-order valence-electron chi connectivity index (χ2n) is 9.21. The summed E-state index contributed by atoms with van der Waals surface area (Å²) in [6.45, 7) is 11.9. The molecule has 2 amide bonds. The van der Waals surface area contributed by atoms with Crippen molar-refractivity contribution >= 4 is 23.9 Å². The largest absolute Gasteiger partial charge is 0.469 e. The molecule has 1 saturated carbocycles. The van der Waals surface area contributed by atoms with E-state index in [4.69, 9.17) is 14.2 Å². The maximum Gasteiger partial charge on any atom is 0.407 e. The minimum absolute atomic E-state index is 0.159. The molecule has 0 radical (unpaired) electrons. The van der Waals surface area contributed by atoms with Crippen LogP contribution in [-0.4, -0.2) is 54.8 Å². The molecule has 9 nitrogen and oxygen atoms in total. The van der Waals surface area contributed by atoms with Gasteiger partial charge in [-0.15, -0.1) is 0 Å². The summed E-state index contributed by atoms with van der Waals surface area (Å²) in [5.74, 6) is -2.52. The van der Waals surface area contributed by atoms with Crippen molar-refractivity contribution in [3.8, 4) is 0 Å². The Bertz CT molecular complexity index is 659. The van der Waals surface area contributed by atoms with Crippen LogP contribution in [0.25, 0.3) is 0 Å². The van der Waals surface area contributed by atoms with E-state index in [0.29, 0.717) is 6.42 Å². The van der Waals surface area contributed by atoms with E-state index in [1.807, 2.05) is 13.8 Å². The molecular weight excluding hydrogens is 404 g/mol. The molecule has 1 aliphatic carbocycles. The Hall–Kier alpha value is -2.32. The normalized spacial score (nSPS) is 25.2. The molecule has 0 saturated heterocycles. The molecule has 0 aromatic heterocycles. The van der Waals surface area contributed by atoms with E-state index in [2.05, 4.69) is 10.6 Å². The molecule has 0 aromatic carbocycles. The maximum absolute atomic E-state index is 12.5. The molecule has 2 N–H and O–H groups in total. The third kappa shape index (κ3) is 8.03. The monoisotopic (exact) mass is 442 g/mol. The molecule has 178 valence electrons. The summed E-state index contributed by atoms with van der Waals surface area (Å²) in [5.41, 5.74) is -0.693. The Balaban J connectivity index is 3.37. The van der Waals surface area contributed by atoms with Crippen LogP contribution in [-0.2, 0) is 28.6 Å². The first kappa shape index (κ1) is 26.7. The number of alkyl carbamates (subject to hydrolysis) is 1. The molecule has 0 heterocycles. The first-order valence-corrected chi connectivity index (χ1v) is 10.8. The van der Waals surface area contributed by atoms with Gasteiger partial charge in [0, 0.05) is 31.8 Å². The van der Waals surface area contributed by atoms with Crippen molar-refractivity contribution in [2.75, 3.05) is 7.11 Å². The van der Waals surface area contributed by atoms with E-state index in [1.165, 1.54) is 21.0 Å². The fourth-order valence-electron chi connectivity index (χ4n) is 4.49. The van der Waals surface area contributed by atoms with Gasteiger partial charge in [0.15, 0.2) is 0 Å². The summed E-state index contributed by atoms with van der Waals surface area (Å²) in [4.78, 5) is 48.7. The molecule has 1 rings (SSSR count). The predicted octanol–water partition coefficient (Wildman–Crippen LogP) is 2.56. The quantitative estimate of drug-likeness (QED) is 0.438. The highest BCUT2D eigenvalue weighted by Gasteiger charge is 2.53. The SMILES string of the molecule is CCCC(C(C)NC(C)=O)C1C(NC(=O)OC(C)(C)C)C[C@H](C(=O)OC)C1OC(C)=O. The average Bonchev–Trinajstić information content (AvgIpc) is 2.93. The third-order valence-corrected chi connectivity index (χ3v) is 5.45. The molecule has 5 unspecified atom stereocenters. The highest BCUT2D eigenvalue weighted by Crippen LogP contribution is 2.42. The minimum Gasteiger partial charge on any atom is -0.469 e. The second kappa shape index (κ2) is 11.3. The summed E-state index contributed by atoms with van der Waals surface area (Å²) >= 11 is 0. The number of carbonyl (C=O) groups is 4. The van der Waals surface area contributed by atoms with Crippen molar-refractivity contribution in [3.05, 3.63) is 0 Å². The number of amides is 2. The molecule has 0 spiro atoms. The molecule has 31 heavy (non-hydrogen) atoms. The van der Waals surface area contributed by atoms with Gasteiger partial charge in [-0.1, -0.05) is 13.3 Å². The Morgan fingerprint density at radius 1 is 1.13 bits per heavy atom. The van der Waals surface area contributed by atoms with Crippen molar-refractivity contribution in [1.82, 2.24) is 10.6 Å².